The normalized spacial score (nSPS) is 12.4. The highest BCUT2D eigenvalue weighted by Crippen LogP contribution is 2.01. The minimum atomic E-state index is -1.09. The van der Waals surface area contributed by atoms with Crippen LogP contribution in [-0.2, 0) is 11.0 Å². The second kappa shape index (κ2) is 4.90. The van der Waals surface area contributed by atoms with E-state index in [4.69, 9.17) is 4.43 Å². The van der Waals surface area contributed by atoms with Gasteiger partial charge in [0.1, 0.15) is 0 Å². The molecule has 1 rings (SSSR count). The molecule has 1 nitrogen and oxygen atoms in total. The van der Waals surface area contributed by atoms with Gasteiger partial charge in [-0.25, -0.2) is 0 Å². The van der Waals surface area contributed by atoms with Crippen molar-refractivity contribution in [1.82, 2.24) is 0 Å². The molecule has 1 atom stereocenters. The van der Waals surface area contributed by atoms with Gasteiger partial charge in [-0.3, -0.25) is 0 Å². The average molecular weight is 178 g/mol. The van der Waals surface area contributed by atoms with E-state index in [-0.39, 0.29) is 0 Å². The summed E-state index contributed by atoms with van der Waals surface area (Å²) in [6, 6.07) is 10.2. The van der Waals surface area contributed by atoms with E-state index in [1.54, 1.807) is 0 Å². The standard InChI is InChI=1S/C10H14OSi/c1-3-12(2)11-9-10-7-5-4-6-8-10/h3-8,12H,1,9H2,2H3. The summed E-state index contributed by atoms with van der Waals surface area (Å²) in [7, 11) is -1.09. The van der Waals surface area contributed by atoms with Gasteiger partial charge in [0, 0.05) is 0 Å². The van der Waals surface area contributed by atoms with Gasteiger partial charge in [0.2, 0.25) is 0 Å². The molecule has 0 aliphatic rings. The molecule has 0 aromatic heterocycles. The number of hydrogen-bond acceptors (Lipinski definition) is 1. The molecule has 2 heteroatoms. The molecule has 0 heterocycles. The van der Waals surface area contributed by atoms with E-state index in [1.807, 2.05) is 23.9 Å². The van der Waals surface area contributed by atoms with E-state index in [0.717, 1.165) is 6.61 Å². The molecule has 1 aromatic rings. The first kappa shape index (κ1) is 9.23. The van der Waals surface area contributed by atoms with Crippen LogP contribution in [0.4, 0.5) is 0 Å². The second-order valence-electron chi connectivity index (χ2n) is 2.74. The van der Waals surface area contributed by atoms with Crippen LogP contribution in [0.1, 0.15) is 5.56 Å². The maximum absolute atomic E-state index is 5.60. The van der Waals surface area contributed by atoms with Gasteiger partial charge >= 0.3 is 0 Å². The van der Waals surface area contributed by atoms with Crippen molar-refractivity contribution in [3.8, 4) is 0 Å². The average Bonchev–Trinajstić information content (AvgIpc) is 2.16. The molecule has 0 aliphatic heterocycles. The Morgan fingerprint density at radius 3 is 2.67 bits per heavy atom. The quantitative estimate of drug-likeness (QED) is 0.643. The molecular weight excluding hydrogens is 164 g/mol. The van der Waals surface area contributed by atoms with Gasteiger partial charge in [-0.2, -0.15) is 0 Å². The van der Waals surface area contributed by atoms with Crippen molar-refractivity contribution in [2.45, 2.75) is 13.2 Å². The Kier molecular flexibility index (Phi) is 3.77. The van der Waals surface area contributed by atoms with E-state index in [9.17, 15) is 0 Å². The minimum absolute atomic E-state index is 0.722. The smallest absolute Gasteiger partial charge is 0.198 e. The van der Waals surface area contributed by atoms with Crippen molar-refractivity contribution < 1.29 is 4.43 Å². The predicted octanol–water partition coefficient (Wildman–Crippen LogP) is 2.28. The van der Waals surface area contributed by atoms with E-state index >= 15 is 0 Å². The lowest BCUT2D eigenvalue weighted by molar-refractivity contribution is 0.317. The minimum Gasteiger partial charge on any atom is -0.412 e. The SMILES string of the molecule is C=C[SiH](C)OCc1ccccc1. The maximum Gasteiger partial charge on any atom is 0.198 e. The Bertz CT molecular complexity index is 233. The van der Waals surface area contributed by atoms with Crippen LogP contribution in [0.5, 0.6) is 0 Å². The monoisotopic (exact) mass is 178 g/mol. The predicted molar refractivity (Wildman–Crippen MR) is 54.4 cm³/mol. The first-order valence-corrected chi connectivity index (χ1v) is 6.40. The van der Waals surface area contributed by atoms with Crippen LogP contribution in [0.3, 0.4) is 0 Å². The van der Waals surface area contributed by atoms with E-state index in [1.165, 1.54) is 5.56 Å². The molecule has 0 fully saturated rings. The molecule has 1 unspecified atom stereocenters. The van der Waals surface area contributed by atoms with Crippen LogP contribution in [0.2, 0.25) is 6.55 Å². The van der Waals surface area contributed by atoms with Gasteiger partial charge in [0.05, 0.1) is 6.61 Å². The highest BCUT2D eigenvalue weighted by atomic mass is 28.3. The van der Waals surface area contributed by atoms with Crippen molar-refractivity contribution in [2.24, 2.45) is 0 Å². The summed E-state index contributed by atoms with van der Waals surface area (Å²) in [4.78, 5) is 0. The molecular formula is C10H14OSi. The Balaban J connectivity index is 2.38. The fraction of sp³-hybridized carbons (Fsp3) is 0.200. The lowest BCUT2D eigenvalue weighted by atomic mass is 10.2. The molecule has 0 N–H and O–H groups in total. The van der Waals surface area contributed by atoms with E-state index in [0.29, 0.717) is 0 Å². The first-order chi connectivity index (χ1) is 5.83. The summed E-state index contributed by atoms with van der Waals surface area (Å²) in [5, 5.41) is 0. The maximum atomic E-state index is 5.60. The summed E-state index contributed by atoms with van der Waals surface area (Å²) < 4.78 is 5.60. The zero-order chi connectivity index (χ0) is 8.81. The summed E-state index contributed by atoms with van der Waals surface area (Å²) in [5.74, 6) is 0. The molecule has 0 amide bonds. The lowest BCUT2D eigenvalue weighted by Crippen LogP contribution is -2.09. The highest BCUT2D eigenvalue weighted by molar-refractivity contribution is 6.55. The zero-order valence-corrected chi connectivity index (χ0v) is 8.52. The topological polar surface area (TPSA) is 9.23 Å². The third-order valence-electron chi connectivity index (χ3n) is 1.69. The number of rotatable bonds is 4. The van der Waals surface area contributed by atoms with Gasteiger partial charge in [-0.15, -0.1) is 6.58 Å². The van der Waals surface area contributed by atoms with Crippen molar-refractivity contribution >= 4 is 9.04 Å². The Labute approximate surface area is 75.4 Å². The Morgan fingerprint density at radius 2 is 2.08 bits per heavy atom. The van der Waals surface area contributed by atoms with Gasteiger partial charge in [-0.05, 0) is 12.1 Å². The third kappa shape index (κ3) is 3.03. The fourth-order valence-corrected chi connectivity index (χ4v) is 1.46. The highest BCUT2D eigenvalue weighted by Gasteiger charge is 1.97. The van der Waals surface area contributed by atoms with Crippen molar-refractivity contribution in [3.05, 3.63) is 48.2 Å². The molecule has 12 heavy (non-hydrogen) atoms. The third-order valence-corrected chi connectivity index (χ3v) is 3.04. The molecule has 0 saturated carbocycles. The second-order valence-corrected chi connectivity index (χ2v) is 4.95. The zero-order valence-electron chi connectivity index (χ0n) is 7.36. The van der Waals surface area contributed by atoms with E-state index in [2.05, 4.69) is 25.3 Å². The first-order valence-electron chi connectivity index (χ1n) is 4.11. The summed E-state index contributed by atoms with van der Waals surface area (Å²) in [6.45, 7) is 6.55. The summed E-state index contributed by atoms with van der Waals surface area (Å²) in [5.41, 5.74) is 3.17. The van der Waals surface area contributed by atoms with Gasteiger partial charge in [-0.1, -0.05) is 36.0 Å². The Hall–Kier alpha value is -0.863. The molecule has 0 radical (unpaired) electrons. The molecule has 1 aromatic carbocycles. The summed E-state index contributed by atoms with van der Waals surface area (Å²) >= 11 is 0. The van der Waals surface area contributed by atoms with Crippen LogP contribution in [-0.4, -0.2) is 9.04 Å². The Morgan fingerprint density at radius 1 is 1.42 bits per heavy atom. The molecule has 64 valence electrons. The van der Waals surface area contributed by atoms with Crippen molar-refractivity contribution in [2.75, 3.05) is 0 Å². The van der Waals surface area contributed by atoms with Crippen molar-refractivity contribution in [1.29, 1.82) is 0 Å². The summed E-state index contributed by atoms with van der Waals surface area (Å²) in [6.07, 6.45) is 0. The van der Waals surface area contributed by atoms with Gasteiger partial charge in [0.25, 0.3) is 0 Å². The van der Waals surface area contributed by atoms with Gasteiger partial charge < -0.3 is 4.43 Å². The largest absolute Gasteiger partial charge is 0.412 e. The van der Waals surface area contributed by atoms with Crippen molar-refractivity contribution in [3.63, 3.8) is 0 Å². The lowest BCUT2D eigenvalue weighted by Gasteiger charge is -2.06. The van der Waals surface area contributed by atoms with Gasteiger partial charge in [0.15, 0.2) is 9.04 Å². The molecule has 0 aliphatic carbocycles. The van der Waals surface area contributed by atoms with Crippen LogP contribution in [0, 0.1) is 0 Å². The molecule has 0 saturated heterocycles. The molecule has 0 spiro atoms. The number of benzene rings is 1. The van der Waals surface area contributed by atoms with Crippen LogP contribution in [0.15, 0.2) is 42.6 Å². The van der Waals surface area contributed by atoms with E-state index < -0.39 is 9.04 Å². The van der Waals surface area contributed by atoms with Crippen LogP contribution < -0.4 is 0 Å². The number of hydrogen-bond donors (Lipinski definition) is 0. The van der Waals surface area contributed by atoms with Crippen LogP contribution in [0.25, 0.3) is 0 Å². The fourth-order valence-electron chi connectivity index (χ4n) is 0.870. The molecule has 0 bridgehead atoms. The van der Waals surface area contributed by atoms with Crippen LogP contribution >= 0.6 is 0 Å².